The van der Waals surface area contributed by atoms with Crippen LogP contribution in [0.5, 0.6) is 5.75 Å². The Hall–Kier alpha value is -3.36. The number of hydrogen-bond acceptors (Lipinski definition) is 5. The molecule has 9 heteroatoms. The molecule has 3 aromatic rings. The molecular weight excluding hydrogens is 464 g/mol. The Bertz CT molecular complexity index is 1370. The third-order valence-corrected chi connectivity index (χ3v) is 8.36. The Morgan fingerprint density at radius 2 is 1.64 bits per heavy atom. The molecule has 0 radical (unpaired) electrons. The number of fused-ring (bicyclic) bond motifs is 2. The van der Waals surface area contributed by atoms with E-state index in [4.69, 9.17) is 16.3 Å². The Kier molecular flexibility index (Phi) is 4.95. The van der Waals surface area contributed by atoms with Gasteiger partial charge in [0.05, 0.1) is 19.3 Å². The van der Waals surface area contributed by atoms with Crippen molar-refractivity contribution in [2.24, 2.45) is 0 Å². The van der Waals surface area contributed by atoms with Crippen LogP contribution in [0.25, 0.3) is 0 Å². The van der Waals surface area contributed by atoms with Gasteiger partial charge in [-0.3, -0.25) is 14.5 Å². The van der Waals surface area contributed by atoms with Gasteiger partial charge in [-0.05, 0) is 48.0 Å². The maximum Gasteiger partial charge on any atom is 0.274 e. The second-order valence-electron chi connectivity index (χ2n) is 7.87. The third-order valence-electron chi connectivity index (χ3n) is 6.01. The second kappa shape index (κ2) is 7.60. The molecule has 1 spiro atoms. The van der Waals surface area contributed by atoms with E-state index in [9.17, 15) is 18.0 Å². The fourth-order valence-electron chi connectivity index (χ4n) is 4.55. The summed E-state index contributed by atoms with van der Waals surface area (Å²) in [6.45, 7) is 0.134. The van der Waals surface area contributed by atoms with Gasteiger partial charge in [0.25, 0.3) is 10.8 Å². The Balaban J connectivity index is 1.70. The molecule has 1 atom stereocenters. The lowest BCUT2D eigenvalue weighted by Gasteiger charge is -2.32. The molecule has 0 saturated carbocycles. The molecule has 33 heavy (non-hydrogen) atoms. The van der Waals surface area contributed by atoms with Gasteiger partial charge in [0.2, 0.25) is 5.91 Å². The lowest BCUT2D eigenvalue weighted by molar-refractivity contribution is -0.123. The summed E-state index contributed by atoms with van der Waals surface area (Å²) < 4.78 is 32.3. The molecule has 0 bridgehead atoms. The number of methoxy groups -OCH3 is 1. The normalized spacial score (nSPS) is 21.0. The number of rotatable bonds is 4. The number of halogens is 1. The number of hydrogen-bond donors (Lipinski definition) is 0. The van der Waals surface area contributed by atoms with Gasteiger partial charge in [-0.2, -0.15) is 0 Å². The van der Waals surface area contributed by atoms with Gasteiger partial charge in [-0.1, -0.05) is 41.9 Å². The van der Waals surface area contributed by atoms with Crippen LogP contribution in [0.3, 0.4) is 0 Å². The van der Waals surface area contributed by atoms with E-state index < -0.39 is 32.3 Å². The molecule has 0 unspecified atom stereocenters. The maximum atomic E-state index is 14.0. The van der Waals surface area contributed by atoms with Gasteiger partial charge in [0, 0.05) is 16.3 Å². The molecule has 0 aliphatic carbocycles. The second-order valence-corrected chi connectivity index (χ2v) is 10.4. The van der Waals surface area contributed by atoms with E-state index in [2.05, 4.69) is 0 Å². The van der Waals surface area contributed by atoms with E-state index in [-0.39, 0.29) is 12.1 Å². The van der Waals surface area contributed by atoms with Crippen molar-refractivity contribution in [1.82, 2.24) is 0 Å². The number of nitrogens with zero attached hydrogens (tertiary/aromatic N) is 2. The van der Waals surface area contributed by atoms with Crippen LogP contribution in [-0.2, 0) is 30.8 Å². The topological polar surface area (TPSA) is 84.0 Å². The highest BCUT2D eigenvalue weighted by Gasteiger charge is 2.69. The standard InChI is InChI=1S/C24H19ClN2O5S/c1-32-19-12-10-18(11-13-19)27-22(28)15-33(30,31)24(27)20-4-2-3-5-21(20)26(23(24)29)14-16-6-8-17(25)9-7-16/h2-13H,14-15H2,1H3/t24-/m0/s1. The molecule has 3 aromatic carbocycles. The number of carbonyl (C=O) groups excluding carboxylic acids is 2. The molecule has 2 amide bonds. The monoisotopic (exact) mass is 482 g/mol. The third kappa shape index (κ3) is 3.05. The summed E-state index contributed by atoms with van der Waals surface area (Å²) >= 11 is 5.99. The summed E-state index contributed by atoms with van der Waals surface area (Å²) in [6, 6.07) is 20.1. The largest absolute Gasteiger partial charge is 0.497 e. The quantitative estimate of drug-likeness (QED) is 0.568. The average molecular weight is 483 g/mol. The van der Waals surface area contributed by atoms with Gasteiger partial charge in [0.15, 0.2) is 9.84 Å². The van der Waals surface area contributed by atoms with Crippen LogP contribution in [0, 0.1) is 0 Å². The molecule has 1 fully saturated rings. The molecule has 1 saturated heterocycles. The summed E-state index contributed by atoms with van der Waals surface area (Å²) in [7, 11) is -2.70. The van der Waals surface area contributed by atoms with Crippen LogP contribution in [0.4, 0.5) is 11.4 Å². The number of anilines is 2. The minimum atomic E-state index is -4.21. The van der Waals surface area contributed by atoms with Crippen LogP contribution >= 0.6 is 11.6 Å². The molecule has 2 aliphatic rings. The van der Waals surface area contributed by atoms with E-state index in [0.717, 1.165) is 10.5 Å². The smallest absolute Gasteiger partial charge is 0.274 e. The summed E-state index contributed by atoms with van der Waals surface area (Å²) in [6.07, 6.45) is 0. The van der Waals surface area contributed by atoms with Crippen molar-refractivity contribution in [1.29, 1.82) is 0 Å². The van der Waals surface area contributed by atoms with Crippen LogP contribution in [0.1, 0.15) is 11.1 Å². The number of benzene rings is 3. The van der Waals surface area contributed by atoms with Crippen molar-refractivity contribution in [3.63, 3.8) is 0 Å². The number of carbonyl (C=O) groups is 2. The fraction of sp³-hybridized carbons (Fsp3) is 0.167. The minimum absolute atomic E-state index is 0.134. The van der Waals surface area contributed by atoms with E-state index in [1.165, 1.54) is 12.0 Å². The summed E-state index contributed by atoms with van der Waals surface area (Å²) in [5.74, 6) is -1.55. The predicted octanol–water partition coefficient (Wildman–Crippen LogP) is 3.51. The van der Waals surface area contributed by atoms with Crippen molar-refractivity contribution < 1.29 is 22.7 Å². The van der Waals surface area contributed by atoms with Crippen molar-refractivity contribution in [2.45, 2.75) is 11.4 Å². The van der Waals surface area contributed by atoms with Crippen molar-refractivity contribution in [3.8, 4) is 5.75 Å². The molecule has 2 heterocycles. The summed E-state index contributed by atoms with van der Waals surface area (Å²) in [5, 5.41) is 0.554. The van der Waals surface area contributed by atoms with Gasteiger partial charge >= 0.3 is 0 Å². The van der Waals surface area contributed by atoms with E-state index in [1.54, 1.807) is 72.8 Å². The number of para-hydroxylation sites is 1. The minimum Gasteiger partial charge on any atom is -0.497 e. The van der Waals surface area contributed by atoms with Crippen molar-refractivity contribution in [3.05, 3.63) is 88.9 Å². The predicted molar refractivity (Wildman–Crippen MR) is 125 cm³/mol. The Morgan fingerprint density at radius 1 is 0.970 bits per heavy atom. The molecule has 7 nitrogen and oxygen atoms in total. The number of amides is 2. The van der Waals surface area contributed by atoms with Gasteiger partial charge < -0.3 is 9.64 Å². The highest BCUT2D eigenvalue weighted by Crippen LogP contribution is 2.52. The molecule has 168 valence electrons. The first-order valence-electron chi connectivity index (χ1n) is 10.1. The van der Waals surface area contributed by atoms with Crippen molar-refractivity contribution >= 4 is 44.6 Å². The Labute approximate surface area is 196 Å². The number of ether oxygens (including phenoxy) is 1. The molecule has 2 aliphatic heterocycles. The van der Waals surface area contributed by atoms with Gasteiger partial charge in [0.1, 0.15) is 11.5 Å². The van der Waals surface area contributed by atoms with E-state index in [1.807, 2.05) is 0 Å². The first kappa shape index (κ1) is 21.5. The highest BCUT2D eigenvalue weighted by molar-refractivity contribution is 7.94. The molecule has 0 aromatic heterocycles. The Morgan fingerprint density at radius 3 is 2.30 bits per heavy atom. The SMILES string of the molecule is COc1ccc(N2C(=O)CS(=O)(=O)[C@@]23C(=O)N(Cc2ccc(Cl)cc2)c2ccccc23)cc1. The zero-order valence-electron chi connectivity index (χ0n) is 17.6. The van der Waals surface area contributed by atoms with E-state index in [0.29, 0.717) is 22.1 Å². The van der Waals surface area contributed by atoms with E-state index >= 15 is 0 Å². The maximum absolute atomic E-state index is 14.0. The first-order chi connectivity index (χ1) is 15.8. The van der Waals surface area contributed by atoms with Crippen LogP contribution in [0.2, 0.25) is 5.02 Å². The average Bonchev–Trinajstić information content (AvgIpc) is 3.18. The molecular formula is C24H19ClN2O5S. The molecule has 5 rings (SSSR count). The zero-order valence-corrected chi connectivity index (χ0v) is 19.1. The first-order valence-corrected chi connectivity index (χ1v) is 12.2. The fourth-order valence-corrected chi connectivity index (χ4v) is 6.71. The zero-order chi connectivity index (χ0) is 23.4. The molecule has 0 N–H and O–H groups in total. The van der Waals surface area contributed by atoms with Crippen LogP contribution < -0.4 is 14.5 Å². The number of sulfone groups is 1. The lowest BCUT2D eigenvalue weighted by Crippen LogP contribution is -2.54. The van der Waals surface area contributed by atoms with Gasteiger partial charge in [-0.25, -0.2) is 8.42 Å². The van der Waals surface area contributed by atoms with Gasteiger partial charge in [-0.15, -0.1) is 0 Å². The summed E-state index contributed by atoms with van der Waals surface area (Å²) in [4.78, 5) is 27.5. The summed E-state index contributed by atoms with van der Waals surface area (Å²) in [5.41, 5.74) is 1.80. The highest BCUT2D eigenvalue weighted by atomic mass is 35.5. The van der Waals surface area contributed by atoms with Crippen LogP contribution in [0.15, 0.2) is 72.8 Å². The van der Waals surface area contributed by atoms with Crippen molar-refractivity contribution in [2.75, 3.05) is 22.7 Å². The lowest BCUT2D eigenvalue weighted by atomic mass is 10.0. The van der Waals surface area contributed by atoms with Crippen LogP contribution in [-0.4, -0.2) is 33.1 Å².